The van der Waals surface area contributed by atoms with E-state index in [-0.39, 0.29) is 5.91 Å². The lowest BCUT2D eigenvalue weighted by atomic mass is 10.3. The molecule has 5 nitrogen and oxygen atoms in total. The molecule has 1 aromatic heterocycles. The van der Waals surface area contributed by atoms with E-state index < -0.39 is 0 Å². The van der Waals surface area contributed by atoms with Crippen LogP contribution in [-0.4, -0.2) is 44.7 Å². The molecule has 0 fully saturated rings. The number of thiazole rings is 1. The average Bonchev–Trinajstić information content (AvgIpc) is 3.09. The van der Waals surface area contributed by atoms with Crippen LogP contribution in [0, 0.1) is 0 Å². The molecule has 2 aromatic carbocycles. The Morgan fingerprint density at radius 1 is 1.11 bits per heavy atom. The van der Waals surface area contributed by atoms with Crippen molar-refractivity contribution in [2.75, 3.05) is 38.7 Å². The number of para-hydroxylation sites is 2. The van der Waals surface area contributed by atoms with Crippen LogP contribution in [0.25, 0.3) is 10.2 Å². The van der Waals surface area contributed by atoms with E-state index in [2.05, 4.69) is 19.1 Å². The molecule has 3 aromatic rings. The Morgan fingerprint density at radius 2 is 1.85 bits per heavy atom. The molecular formula is C21H26N3O2S+. The minimum atomic E-state index is 0.0544. The highest BCUT2D eigenvalue weighted by atomic mass is 32.1. The first-order valence-corrected chi connectivity index (χ1v) is 10.1. The first-order valence-electron chi connectivity index (χ1n) is 9.26. The molecule has 0 unspecified atom stereocenters. The second-order valence-corrected chi connectivity index (χ2v) is 7.74. The number of hydrogen-bond acceptors (Lipinski definition) is 4. The van der Waals surface area contributed by atoms with Crippen LogP contribution in [0.2, 0.25) is 0 Å². The number of hydrogen-bond donors (Lipinski definition) is 1. The number of nitrogens with zero attached hydrogens (tertiary/aromatic N) is 2. The molecule has 1 heterocycles. The summed E-state index contributed by atoms with van der Waals surface area (Å²) in [4.78, 5) is 20.8. The summed E-state index contributed by atoms with van der Waals surface area (Å²) in [6.07, 6.45) is 1.27. The van der Waals surface area contributed by atoms with Gasteiger partial charge in [0, 0.05) is 13.0 Å². The van der Waals surface area contributed by atoms with Crippen molar-refractivity contribution in [3.8, 4) is 5.75 Å². The van der Waals surface area contributed by atoms with Crippen molar-refractivity contribution in [1.29, 1.82) is 0 Å². The van der Waals surface area contributed by atoms with Crippen molar-refractivity contribution in [3.05, 3.63) is 54.6 Å². The van der Waals surface area contributed by atoms with Crippen LogP contribution in [-0.2, 0) is 4.79 Å². The lowest BCUT2D eigenvalue weighted by molar-refractivity contribution is -0.858. The Morgan fingerprint density at radius 3 is 2.59 bits per heavy atom. The van der Waals surface area contributed by atoms with E-state index in [1.807, 2.05) is 59.5 Å². The number of nitrogens with one attached hydrogen (secondary N) is 1. The minimum absolute atomic E-state index is 0.0544. The molecule has 0 spiro atoms. The molecule has 0 saturated heterocycles. The van der Waals surface area contributed by atoms with Crippen LogP contribution in [0.4, 0.5) is 5.13 Å². The van der Waals surface area contributed by atoms with E-state index in [1.54, 1.807) is 11.3 Å². The molecule has 0 aliphatic rings. The molecule has 6 heteroatoms. The monoisotopic (exact) mass is 384 g/mol. The number of carbonyl (C=O) groups excluding carboxylic acids is 1. The van der Waals surface area contributed by atoms with Gasteiger partial charge in [0.05, 0.1) is 43.9 Å². The smallest absolute Gasteiger partial charge is 0.232 e. The fourth-order valence-corrected chi connectivity index (χ4v) is 3.81. The number of carbonyl (C=O) groups is 1. The number of quaternary nitrogens is 1. The zero-order valence-corrected chi connectivity index (χ0v) is 16.7. The Hall–Kier alpha value is -2.44. The lowest BCUT2D eigenvalue weighted by Crippen LogP contribution is -3.05. The predicted molar refractivity (Wildman–Crippen MR) is 111 cm³/mol. The molecule has 1 amide bonds. The van der Waals surface area contributed by atoms with Crippen molar-refractivity contribution >= 4 is 32.6 Å². The molecule has 1 N–H and O–H groups in total. The summed E-state index contributed by atoms with van der Waals surface area (Å²) < 4.78 is 6.80. The largest absolute Gasteiger partial charge is 0.493 e. The number of anilines is 1. The molecule has 0 aliphatic carbocycles. The van der Waals surface area contributed by atoms with Crippen LogP contribution in [0.5, 0.6) is 5.75 Å². The number of aromatic nitrogens is 1. The second kappa shape index (κ2) is 9.48. The molecule has 3 rings (SSSR count). The van der Waals surface area contributed by atoms with Gasteiger partial charge in [0.15, 0.2) is 5.13 Å². The number of ether oxygens (including phenoxy) is 1. The van der Waals surface area contributed by atoms with E-state index in [1.165, 1.54) is 4.90 Å². The van der Waals surface area contributed by atoms with Gasteiger partial charge in [-0.25, -0.2) is 4.98 Å². The summed E-state index contributed by atoms with van der Waals surface area (Å²) in [7, 11) is 4.25. The van der Waals surface area contributed by atoms with Gasteiger partial charge in [-0.05, 0) is 24.3 Å². The third-order valence-corrected chi connectivity index (χ3v) is 5.26. The van der Waals surface area contributed by atoms with E-state index in [0.717, 1.165) is 34.1 Å². The molecule has 0 bridgehead atoms. The summed E-state index contributed by atoms with van der Waals surface area (Å²) in [6, 6.07) is 17.6. The van der Waals surface area contributed by atoms with Crippen LogP contribution in [0.3, 0.4) is 0 Å². The van der Waals surface area contributed by atoms with Gasteiger partial charge in [0.2, 0.25) is 5.91 Å². The highest BCUT2D eigenvalue weighted by Crippen LogP contribution is 2.29. The molecule has 27 heavy (non-hydrogen) atoms. The zero-order valence-electron chi connectivity index (χ0n) is 15.9. The van der Waals surface area contributed by atoms with Gasteiger partial charge < -0.3 is 9.64 Å². The molecule has 0 aliphatic heterocycles. The lowest BCUT2D eigenvalue weighted by Gasteiger charge is -2.20. The number of amides is 1. The molecule has 142 valence electrons. The quantitative estimate of drug-likeness (QED) is 0.617. The number of rotatable bonds is 9. The minimum Gasteiger partial charge on any atom is -0.493 e. The number of fused-ring (bicyclic) bond motifs is 1. The molecule has 0 saturated carbocycles. The summed E-state index contributed by atoms with van der Waals surface area (Å²) in [5.74, 6) is 0.840. The van der Waals surface area contributed by atoms with Gasteiger partial charge in [-0.15, -0.1) is 0 Å². The van der Waals surface area contributed by atoms with Crippen molar-refractivity contribution in [1.82, 2.24) is 4.98 Å². The zero-order chi connectivity index (χ0) is 19.1. The summed E-state index contributed by atoms with van der Waals surface area (Å²) in [6.45, 7) is 2.05. The first-order chi connectivity index (χ1) is 13.1. The Bertz CT molecular complexity index is 831. The van der Waals surface area contributed by atoms with Gasteiger partial charge in [-0.3, -0.25) is 9.69 Å². The third kappa shape index (κ3) is 5.52. The molecular weight excluding hydrogens is 358 g/mol. The average molecular weight is 385 g/mol. The number of benzene rings is 2. The van der Waals surface area contributed by atoms with Crippen molar-refractivity contribution in [2.24, 2.45) is 0 Å². The van der Waals surface area contributed by atoms with Gasteiger partial charge in [0.25, 0.3) is 0 Å². The van der Waals surface area contributed by atoms with Crippen molar-refractivity contribution in [2.45, 2.75) is 12.8 Å². The van der Waals surface area contributed by atoms with E-state index in [4.69, 9.17) is 4.74 Å². The van der Waals surface area contributed by atoms with E-state index in [9.17, 15) is 4.79 Å². The molecule has 0 atom stereocenters. The topological polar surface area (TPSA) is 46.9 Å². The van der Waals surface area contributed by atoms with Crippen LogP contribution in [0.1, 0.15) is 12.8 Å². The van der Waals surface area contributed by atoms with Gasteiger partial charge >= 0.3 is 0 Å². The maximum absolute atomic E-state index is 12.9. The van der Waals surface area contributed by atoms with Crippen molar-refractivity contribution in [3.63, 3.8) is 0 Å². The summed E-state index contributed by atoms with van der Waals surface area (Å²) in [5.41, 5.74) is 0.939. The fourth-order valence-electron chi connectivity index (χ4n) is 2.80. The first kappa shape index (κ1) is 19.3. The van der Waals surface area contributed by atoms with E-state index in [0.29, 0.717) is 19.6 Å². The normalized spacial score (nSPS) is 11.1. The highest BCUT2D eigenvalue weighted by Gasteiger charge is 2.20. The fraction of sp³-hybridized carbons (Fsp3) is 0.333. The highest BCUT2D eigenvalue weighted by molar-refractivity contribution is 7.22. The maximum Gasteiger partial charge on any atom is 0.232 e. The Labute approximate surface area is 164 Å². The van der Waals surface area contributed by atoms with Gasteiger partial charge in [-0.1, -0.05) is 41.7 Å². The van der Waals surface area contributed by atoms with Crippen LogP contribution < -0.4 is 14.5 Å². The SMILES string of the molecule is C[NH+](C)CCCN(C(=O)CCOc1ccccc1)c1nc2ccccc2s1. The molecule has 0 radical (unpaired) electrons. The summed E-state index contributed by atoms with van der Waals surface area (Å²) in [5, 5.41) is 0.773. The van der Waals surface area contributed by atoms with E-state index >= 15 is 0 Å². The van der Waals surface area contributed by atoms with Crippen LogP contribution in [0.15, 0.2) is 54.6 Å². The summed E-state index contributed by atoms with van der Waals surface area (Å²) >= 11 is 1.57. The second-order valence-electron chi connectivity index (χ2n) is 6.73. The Balaban J connectivity index is 1.67. The van der Waals surface area contributed by atoms with Gasteiger partial charge in [-0.2, -0.15) is 0 Å². The predicted octanol–water partition coefficient (Wildman–Crippen LogP) is 2.63. The van der Waals surface area contributed by atoms with Gasteiger partial charge in [0.1, 0.15) is 5.75 Å². The third-order valence-electron chi connectivity index (χ3n) is 4.20. The Kier molecular flexibility index (Phi) is 6.79. The van der Waals surface area contributed by atoms with Crippen LogP contribution >= 0.6 is 11.3 Å². The van der Waals surface area contributed by atoms with Crippen molar-refractivity contribution < 1.29 is 14.4 Å². The maximum atomic E-state index is 12.9. The standard InChI is InChI=1S/C21H25N3O2S/c1-23(2)14-8-15-24(21-22-18-11-6-7-12-19(18)27-21)20(25)13-16-26-17-9-4-3-5-10-17/h3-7,9-12H,8,13-16H2,1-2H3/p+1.